The Morgan fingerprint density at radius 2 is 2.00 bits per heavy atom. The standard InChI is InChI=1S/C18H17F2N7O/c1-10(11(2)21)13-6-7-16(24-23-13)28-9-15-17(25-26-27(15)3)14-5-4-12(8-22-14)18(19)20/h4-8,18,21H,1,9H2,2-3H3. The van der Waals surface area contributed by atoms with Crippen molar-refractivity contribution in [3.63, 3.8) is 0 Å². The molecule has 3 heterocycles. The summed E-state index contributed by atoms with van der Waals surface area (Å²) >= 11 is 0. The number of alkyl halides is 2. The predicted molar refractivity (Wildman–Crippen MR) is 98.0 cm³/mol. The van der Waals surface area contributed by atoms with Gasteiger partial charge in [0.05, 0.1) is 11.4 Å². The molecule has 0 atom stereocenters. The Kier molecular flexibility index (Phi) is 5.48. The molecule has 0 aliphatic rings. The Labute approximate surface area is 159 Å². The van der Waals surface area contributed by atoms with Gasteiger partial charge < -0.3 is 10.1 Å². The van der Waals surface area contributed by atoms with Crippen molar-refractivity contribution in [1.82, 2.24) is 30.2 Å². The molecule has 3 rings (SSSR count). The topological polar surface area (TPSA) is 102 Å². The molecule has 0 saturated carbocycles. The summed E-state index contributed by atoms with van der Waals surface area (Å²) in [7, 11) is 1.69. The number of nitrogens with one attached hydrogen (secondary N) is 1. The molecule has 1 N–H and O–H groups in total. The average molecular weight is 385 g/mol. The highest BCUT2D eigenvalue weighted by Crippen LogP contribution is 2.23. The van der Waals surface area contributed by atoms with Crippen LogP contribution in [0.5, 0.6) is 5.88 Å². The minimum absolute atomic E-state index is 0.0790. The zero-order valence-corrected chi connectivity index (χ0v) is 15.2. The lowest BCUT2D eigenvalue weighted by Gasteiger charge is -2.08. The summed E-state index contributed by atoms with van der Waals surface area (Å²) in [5.41, 5.74) is 2.56. The minimum Gasteiger partial charge on any atom is -0.470 e. The molecule has 0 fully saturated rings. The Morgan fingerprint density at radius 1 is 1.21 bits per heavy atom. The van der Waals surface area contributed by atoms with Gasteiger partial charge in [-0.3, -0.25) is 4.98 Å². The maximum absolute atomic E-state index is 12.7. The van der Waals surface area contributed by atoms with Crippen LogP contribution in [0, 0.1) is 5.41 Å². The van der Waals surface area contributed by atoms with Crippen molar-refractivity contribution >= 4 is 11.3 Å². The summed E-state index contributed by atoms with van der Waals surface area (Å²) in [4.78, 5) is 4.04. The molecule has 0 amide bonds. The fourth-order valence-electron chi connectivity index (χ4n) is 2.30. The average Bonchev–Trinajstić information content (AvgIpc) is 3.06. The second-order valence-corrected chi connectivity index (χ2v) is 5.93. The first-order valence-corrected chi connectivity index (χ1v) is 8.21. The third kappa shape index (κ3) is 4.05. The van der Waals surface area contributed by atoms with E-state index in [-0.39, 0.29) is 18.1 Å². The van der Waals surface area contributed by atoms with Crippen molar-refractivity contribution in [2.75, 3.05) is 0 Å². The Hall–Kier alpha value is -3.56. The number of ether oxygens (including phenoxy) is 1. The first-order chi connectivity index (χ1) is 13.4. The van der Waals surface area contributed by atoms with E-state index in [4.69, 9.17) is 10.1 Å². The zero-order valence-electron chi connectivity index (χ0n) is 15.2. The summed E-state index contributed by atoms with van der Waals surface area (Å²) in [5, 5.41) is 23.5. The highest BCUT2D eigenvalue weighted by molar-refractivity contribution is 6.19. The number of allylic oxidation sites excluding steroid dienone is 1. The van der Waals surface area contributed by atoms with Gasteiger partial charge in [-0.15, -0.1) is 15.3 Å². The molecule has 0 spiro atoms. The number of halogens is 2. The van der Waals surface area contributed by atoms with Crippen molar-refractivity contribution in [2.45, 2.75) is 20.0 Å². The summed E-state index contributed by atoms with van der Waals surface area (Å²) in [5.74, 6) is 0.271. The van der Waals surface area contributed by atoms with Gasteiger partial charge in [0.15, 0.2) is 0 Å². The van der Waals surface area contributed by atoms with Gasteiger partial charge in [-0.05, 0) is 25.1 Å². The normalized spacial score (nSPS) is 10.9. The smallest absolute Gasteiger partial charge is 0.265 e. The van der Waals surface area contributed by atoms with E-state index in [1.807, 2.05) is 0 Å². The van der Waals surface area contributed by atoms with Crippen molar-refractivity contribution < 1.29 is 13.5 Å². The van der Waals surface area contributed by atoms with Crippen LogP contribution in [0.3, 0.4) is 0 Å². The quantitative estimate of drug-likeness (QED) is 0.627. The lowest BCUT2D eigenvalue weighted by molar-refractivity contribution is 0.151. The van der Waals surface area contributed by atoms with Crippen LogP contribution in [0.25, 0.3) is 17.0 Å². The number of aryl methyl sites for hydroxylation is 1. The Bertz CT molecular complexity index is 998. The molecule has 0 unspecified atom stereocenters. The van der Waals surface area contributed by atoms with Gasteiger partial charge in [0.2, 0.25) is 5.88 Å². The number of hydrogen-bond donors (Lipinski definition) is 1. The number of nitrogens with zero attached hydrogens (tertiary/aromatic N) is 6. The van der Waals surface area contributed by atoms with Crippen molar-refractivity contribution in [2.24, 2.45) is 7.05 Å². The predicted octanol–water partition coefficient (Wildman–Crippen LogP) is 3.24. The van der Waals surface area contributed by atoms with E-state index < -0.39 is 6.43 Å². The van der Waals surface area contributed by atoms with Gasteiger partial charge in [0.25, 0.3) is 6.43 Å². The molecule has 0 radical (unpaired) electrons. The van der Waals surface area contributed by atoms with Gasteiger partial charge >= 0.3 is 0 Å². The number of aromatic nitrogens is 6. The van der Waals surface area contributed by atoms with Gasteiger partial charge in [-0.1, -0.05) is 11.8 Å². The number of hydrogen-bond acceptors (Lipinski definition) is 7. The number of rotatable bonds is 7. The second-order valence-electron chi connectivity index (χ2n) is 5.93. The van der Waals surface area contributed by atoms with Crippen LogP contribution in [0.1, 0.15) is 30.3 Å². The van der Waals surface area contributed by atoms with E-state index in [1.54, 1.807) is 26.1 Å². The molecular formula is C18H17F2N7O. The Balaban J connectivity index is 1.76. The lowest BCUT2D eigenvalue weighted by Crippen LogP contribution is -2.06. The fraction of sp³-hybridized carbons (Fsp3) is 0.222. The van der Waals surface area contributed by atoms with Crippen LogP contribution < -0.4 is 4.74 Å². The molecule has 3 aromatic rings. The molecule has 0 aliphatic carbocycles. The lowest BCUT2D eigenvalue weighted by atomic mass is 10.1. The van der Waals surface area contributed by atoms with Gasteiger partial charge in [0, 0.05) is 36.2 Å². The van der Waals surface area contributed by atoms with Crippen LogP contribution in [-0.2, 0) is 13.7 Å². The third-order valence-electron chi connectivity index (χ3n) is 3.98. The fourth-order valence-corrected chi connectivity index (χ4v) is 2.30. The molecule has 28 heavy (non-hydrogen) atoms. The van der Waals surface area contributed by atoms with E-state index in [9.17, 15) is 8.78 Å². The minimum atomic E-state index is -2.58. The van der Waals surface area contributed by atoms with Gasteiger partial charge in [0.1, 0.15) is 18.0 Å². The van der Waals surface area contributed by atoms with Gasteiger partial charge in [-0.25, -0.2) is 13.5 Å². The monoisotopic (exact) mass is 385 g/mol. The largest absolute Gasteiger partial charge is 0.470 e. The van der Waals surface area contributed by atoms with Crippen LogP contribution >= 0.6 is 0 Å². The Morgan fingerprint density at radius 3 is 2.57 bits per heavy atom. The SMILES string of the molecule is C=C(C(C)=N)c1ccc(OCc2c(-c3ccc(C(F)F)cn3)nnn2C)nn1. The highest BCUT2D eigenvalue weighted by Gasteiger charge is 2.16. The van der Waals surface area contributed by atoms with Crippen molar-refractivity contribution in [3.05, 3.63) is 54.0 Å². The first kappa shape index (κ1) is 19.2. The molecule has 10 heteroatoms. The molecule has 0 bridgehead atoms. The van der Waals surface area contributed by atoms with Crippen molar-refractivity contribution in [3.8, 4) is 17.3 Å². The summed E-state index contributed by atoms with van der Waals surface area (Å²) in [6.45, 7) is 5.47. The van der Waals surface area contributed by atoms with E-state index in [1.165, 1.54) is 16.8 Å². The van der Waals surface area contributed by atoms with E-state index in [0.717, 1.165) is 6.20 Å². The molecule has 144 valence electrons. The molecule has 8 nitrogen and oxygen atoms in total. The molecule has 3 aromatic heterocycles. The molecule has 0 saturated heterocycles. The zero-order chi connectivity index (χ0) is 20.3. The summed E-state index contributed by atoms with van der Waals surface area (Å²) in [6, 6.07) is 6.05. The van der Waals surface area contributed by atoms with E-state index >= 15 is 0 Å². The van der Waals surface area contributed by atoms with Crippen LogP contribution in [-0.4, -0.2) is 35.9 Å². The summed E-state index contributed by atoms with van der Waals surface area (Å²) in [6.07, 6.45) is -1.47. The maximum Gasteiger partial charge on any atom is 0.265 e. The van der Waals surface area contributed by atoms with Crippen molar-refractivity contribution in [1.29, 1.82) is 5.41 Å². The molecular weight excluding hydrogens is 368 g/mol. The maximum atomic E-state index is 12.7. The first-order valence-electron chi connectivity index (χ1n) is 8.21. The molecule has 0 aromatic carbocycles. The highest BCUT2D eigenvalue weighted by atomic mass is 19.3. The van der Waals surface area contributed by atoms with Crippen LogP contribution in [0.2, 0.25) is 0 Å². The molecule has 0 aliphatic heterocycles. The summed E-state index contributed by atoms with van der Waals surface area (Å²) < 4.78 is 32.5. The second kappa shape index (κ2) is 7.99. The van der Waals surface area contributed by atoms with E-state index in [2.05, 4.69) is 32.1 Å². The van der Waals surface area contributed by atoms with Crippen LogP contribution in [0.15, 0.2) is 37.0 Å². The van der Waals surface area contributed by atoms with E-state index in [0.29, 0.717) is 34.1 Å². The van der Waals surface area contributed by atoms with Crippen LogP contribution in [0.4, 0.5) is 8.78 Å². The number of pyridine rings is 1. The van der Waals surface area contributed by atoms with Gasteiger partial charge in [-0.2, -0.15) is 0 Å². The third-order valence-corrected chi connectivity index (χ3v) is 3.98.